The number of para-hydroxylation sites is 1. The first-order valence-electron chi connectivity index (χ1n) is 7.41. The number of hydrogen-bond acceptors (Lipinski definition) is 3. The molecule has 2 unspecified atom stereocenters. The van der Waals surface area contributed by atoms with Crippen molar-refractivity contribution in [2.45, 2.75) is 32.4 Å². The number of aromatic hydroxyl groups is 1. The van der Waals surface area contributed by atoms with E-state index in [2.05, 4.69) is 18.3 Å². The average molecular weight is 283 g/mol. The van der Waals surface area contributed by atoms with E-state index in [4.69, 9.17) is 4.74 Å². The maximum Gasteiger partial charge on any atom is 0.123 e. The van der Waals surface area contributed by atoms with Crippen LogP contribution < -0.4 is 10.1 Å². The van der Waals surface area contributed by atoms with Crippen molar-refractivity contribution in [3.8, 4) is 11.5 Å². The van der Waals surface area contributed by atoms with Gasteiger partial charge in [0.15, 0.2) is 0 Å². The summed E-state index contributed by atoms with van der Waals surface area (Å²) in [5.74, 6) is 1.34. The summed E-state index contributed by atoms with van der Waals surface area (Å²) >= 11 is 0. The normalized spacial score (nSPS) is 18.1. The predicted octanol–water partition coefficient (Wildman–Crippen LogP) is 3.35. The zero-order valence-corrected chi connectivity index (χ0v) is 12.5. The second kappa shape index (κ2) is 5.78. The van der Waals surface area contributed by atoms with Crippen LogP contribution >= 0.6 is 0 Å². The van der Waals surface area contributed by atoms with Crippen LogP contribution in [0.15, 0.2) is 42.5 Å². The maximum atomic E-state index is 9.97. The number of nitrogens with one attached hydrogen (secondary N) is 1. The first-order chi connectivity index (χ1) is 10.1. The molecule has 3 heteroatoms. The molecule has 1 aliphatic heterocycles. The zero-order valence-electron chi connectivity index (χ0n) is 12.5. The highest BCUT2D eigenvalue weighted by atomic mass is 16.5. The van der Waals surface area contributed by atoms with Crippen LogP contribution in [0.25, 0.3) is 0 Å². The monoisotopic (exact) mass is 283 g/mol. The molecule has 3 nitrogen and oxygen atoms in total. The van der Waals surface area contributed by atoms with Crippen LogP contribution in [0.3, 0.4) is 0 Å². The van der Waals surface area contributed by atoms with E-state index in [1.54, 1.807) is 6.07 Å². The van der Waals surface area contributed by atoms with Crippen LogP contribution in [0, 0.1) is 6.92 Å². The topological polar surface area (TPSA) is 41.5 Å². The number of ether oxygens (including phenoxy) is 1. The van der Waals surface area contributed by atoms with Crippen molar-refractivity contribution in [1.82, 2.24) is 5.32 Å². The molecule has 0 saturated carbocycles. The fraction of sp³-hybridized carbons (Fsp3) is 0.333. The standard InChI is InChI=1S/C18H21NO2/c1-12-7-8-17(20)16(9-12)13(2)19-11-15-10-14-5-3-4-6-18(14)21-15/h3-9,13,15,19-20H,10-11H2,1-2H3. The van der Waals surface area contributed by atoms with Gasteiger partial charge < -0.3 is 15.2 Å². The lowest BCUT2D eigenvalue weighted by molar-refractivity contribution is 0.222. The molecule has 2 N–H and O–H groups in total. The summed E-state index contributed by atoms with van der Waals surface area (Å²) in [6.07, 6.45) is 1.10. The van der Waals surface area contributed by atoms with Gasteiger partial charge in [0.25, 0.3) is 0 Å². The van der Waals surface area contributed by atoms with Crippen LogP contribution in [-0.4, -0.2) is 17.8 Å². The van der Waals surface area contributed by atoms with E-state index >= 15 is 0 Å². The van der Waals surface area contributed by atoms with E-state index in [0.29, 0.717) is 5.75 Å². The van der Waals surface area contributed by atoms with Gasteiger partial charge in [-0.15, -0.1) is 0 Å². The Kier molecular flexibility index (Phi) is 3.84. The minimum absolute atomic E-state index is 0.0946. The Balaban J connectivity index is 1.60. The van der Waals surface area contributed by atoms with Crippen molar-refractivity contribution in [2.24, 2.45) is 0 Å². The summed E-state index contributed by atoms with van der Waals surface area (Å²) in [5, 5.41) is 13.4. The van der Waals surface area contributed by atoms with E-state index in [1.165, 1.54) is 5.56 Å². The van der Waals surface area contributed by atoms with Gasteiger partial charge in [0.1, 0.15) is 17.6 Å². The van der Waals surface area contributed by atoms with Crippen LogP contribution in [-0.2, 0) is 6.42 Å². The Labute approximate surface area is 125 Å². The third-order valence-corrected chi connectivity index (χ3v) is 4.02. The van der Waals surface area contributed by atoms with Gasteiger partial charge in [-0.2, -0.15) is 0 Å². The van der Waals surface area contributed by atoms with Crippen molar-refractivity contribution in [3.63, 3.8) is 0 Å². The summed E-state index contributed by atoms with van der Waals surface area (Å²) < 4.78 is 5.92. The van der Waals surface area contributed by atoms with Crippen molar-refractivity contribution >= 4 is 0 Å². The summed E-state index contributed by atoms with van der Waals surface area (Å²) in [7, 11) is 0. The molecule has 0 saturated heterocycles. The second-order valence-electron chi connectivity index (χ2n) is 5.74. The molecular formula is C18H21NO2. The zero-order chi connectivity index (χ0) is 14.8. The number of phenols is 1. The van der Waals surface area contributed by atoms with E-state index in [-0.39, 0.29) is 12.1 Å². The Hall–Kier alpha value is -2.00. The lowest BCUT2D eigenvalue weighted by Crippen LogP contribution is -2.31. The van der Waals surface area contributed by atoms with Gasteiger partial charge in [0, 0.05) is 24.6 Å². The number of fused-ring (bicyclic) bond motifs is 1. The minimum Gasteiger partial charge on any atom is -0.508 e. The highest BCUT2D eigenvalue weighted by molar-refractivity contribution is 5.38. The van der Waals surface area contributed by atoms with Crippen molar-refractivity contribution in [3.05, 3.63) is 59.2 Å². The van der Waals surface area contributed by atoms with Crippen LogP contribution in [0.2, 0.25) is 0 Å². The van der Waals surface area contributed by atoms with Gasteiger partial charge in [-0.3, -0.25) is 0 Å². The smallest absolute Gasteiger partial charge is 0.123 e. The molecule has 21 heavy (non-hydrogen) atoms. The molecule has 2 atom stereocenters. The molecule has 0 aromatic heterocycles. The average Bonchev–Trinajstić information content (AvgIpc) is 2.90. The highest BCUT2D eigenvalue weighted by Gasteiger charge is 2.23. The molecular weight excluding hydrogens is 262 g/mol. The van der Waals surface area contributed by atoms with E-state index in [9.17, 15) is 5.11 Å². The minimum atomic E-state index is 0.0946. The molecule has 0 aliphatic carbocycles. The van der Waals surface area contributed by atoms with Crippen molar-refractivity contribution in [2.75, 3.05) is 6.54 Å². The number of aryl methyl sites for hydroxylation is 1. The molecule has 1 aliphatic rings. The quantitative estimate of drug-likeness (QED) is 0.904. The summed E-state index contributed by atoms with van der Waals surface area (Å²) in [6, 6.07) is 14.0. The molecule has 0 bridgehead atoms. The van der Waals surface area contributed by atoms with Gasteiger partial charge in [0.2, 0.25) is 0 Å². The summed E-state index contributed by atoms with van der Waals surface area (Å²) in [6.45, 7) is 4.87. The van der Waals surface area contributed by atoms with E-state index < -0.39 is 0 Å². The van der Waals surface area contributed by atoms with Crippen LogP contribution in [0.4, 0.5) is 0 Å². The van der Waals surface area contributed by atoms with E-state index in [1.807, 2.05) is 37.3 Å². The largest absolute Gasteiger partial charge is 0.508 e. The van der Waals surface area contributed by atoms with Gasteiger partial charge >= 0.3 is 0 Å². The lowest BCUT2D eigenvalue weighted by Gasteiger charge is -2.19. The molecule has 1 heterocycles. The third-order valence-electron chi connectivity index (χ3n) is 4.02. The fourth-order valence-corrected chi connectivity index (χ4v) is 2.81. The lowest BCUT2D eigenvalue weighted by atomic mass is 10.0. The summed E-state index contributed by atoms with van der Waals surface area (Å²) in [5.41, 5.74) is 3.36. The van der Waals surface area contributed by atoms with E-state index in [0.717, 1.165) is 29.8 Å². The number of benzene rings is 2. The first-order valence-corrected chi connectivity index (χ1v) is 7.41. The molecule has 0 spiro atoms. The van der Waals surface area contributed by atoms with Gasteiger partial charge in [-0.1, -0.05) is 35.9 Å². The fourth-order valence-electron chi connectivity index (χ4n) is 2.81. The first kappa shape index (κ1) is 14.0. The molecule has 0 radical (unpaired) electrons. The van der Waals surface area contributed by atoms with Crippen molar-refractivity contribution < 1.29 is 9.84 Å². The number of rotatable bonds is 4. The van der Waals surface area contributed by atoms with Crippen LogP contribution in [0.5, 0.6) is 11.5 Å². The highest BCUT2D eigenvalue weighted by Crippen LogP contribution is 2.29. The third kappa shape index (κ3) is 3.03. The van der Waals surface area contributed by atoms with Gasteiger partial charge in [-0.25, -0.2) is 0 Å². The second-order valence-corrected chi connectivity index (χ2v) is 5.74. The van der Waals surface area contributed by atoms with Gasteiger partial charge in [0.05, 0.1) is 0 Å². The van der Waals surface area contributed by atoms with Crippen LogP contribution in [0.1, 0.15) is 29.7 Å². The van der Waals surface area contributed by atoms with Gasteiger partial charge in [-0.05, 0) is 31.5 Å². The number of phenolic OH excluding ortho intramolecular Hbond substituents is 1. The molecule has 2 aromatic rings. The van der Waals surface area contributed by atoms with Crippen molar-refractivity contribution in [1.29, 1.82) is 0 Å². The Bertz CT molecular complexity index is 614. The maximum absolute atomic E-state index is 9.97. The molecule has 3 rings (SSSR count). The summed E-state index contributed by atoms with van der Waals surface area (Å²) in [4.78, 5) is 0. The molecule has 2 aromatic carbocycles. The molecule has 0 fully saturated rings. The Morgan fingerprint density at radius 1 is 1.29 bits per heavy atom. The molecule has 110 valence electrons. The SMILES string of the molecule is Cc1ccc(O)c(C(C)NCC2Cc3ccccc3O2)c1. The number of hydrogen-bond donors (Lipinski definition) is 2. The Morgan fingerprint density at radius 2 is 2.10 bits per heavy atom. The Morgan fingerprint density at radius 3 is 2.90 bits per heavy atom. The predicted molar refractivity (Wildman–Crippen MR) is 83.8 cm³/mol. The molecule has 0 amide bonds.